The van der Waals surface area contributed by atoms with Gasteiger partial charge in [-0.25, -0.2) is 9.78 Å². The molecule has 0 unspecified atom stereocenters. The zero-order chi connectivity index (χ0) is 17.8. The molecule has 1 N–H and O–H groups in total. The lowest BCUT2D eigenvalue weighted by atomic mass is 10.0. The fraction of sp³-hybridized carbons (Fsp3) is 0.471. The van der Waals surface area contributed by atoms with Gasteiger partial charge in [0.25, 0.3) is 0 Å². The number of rotatable bonds is 5. The van der Waals surface area contributed by atoms with E-state index in [-0.39, 0.29) is 12.1 Å². The summed E-state index contributed by atoms with van der Waals surface area (Å²) in [5.74, 6) is 2.06. The second-order valence-corrected chi connectivity index (χ2v) is 5.95. The van der Waals surface area contributed by atoms with Crippen molar-refractivity contribution in [2.45, 2.75) is 25.4 Å². The predicted molar refractivity (Wildman–Crippen MR) is 91.5 cm³/mol. The van der Waals surface area contributed by atoms with Crippen LogP contribution in [0.4, 0.5) is 4.79 Å². The molecule has 0 aliphatic carbocycles. The molecule has 1 aliphatic heterocycles. The van der Waals surface area contributed by atoms with Gasteiger partial charge in [-0.15, -0.1) is 0 Å². The number of nitrogens with one attached hydrogen (secondary N) is 1. The monoisotopic (exact) mass is 345 g/mol. The van der Waals surface area contributed by atoms with E-state index in [1.807, 2.05) is 23.1 Å². The molecule has 3 rings (SSSR count). The number of benzene rings is 1. The van der Waals surface area contributed by atoms with Crippen LogP contribution in [0.3, 0.4) is 0 Å². The number of ether oxygens (including phenoxy) is 2. The summed E-state index contributed by atoms with van der Waals surface area (Å²) in [6.07, 6.45) is 3.47. The van der Waals surface area contributed by atoms with E-state index < -0.39 is 0 Å². The lowest BCUT2D eigenvalue weighted by Crippen LogP contribution is -2.39. The van der Waals surface area contributed by atoms with Crippen molar-refractivity contribution < 1.29 is 14.3 Å². The first-order chi connectivity index (χ1) is 12.1. The van der Waals surface area contributed by atoms with Crippen molar-refractivity contribution in [1.29, 1.82) is 0 Å². The van der Waals surface area contributed by atoms with Crippen LogP contribution in [0, 0.1) is 0 Å². The van der Waals surface area contributed by atoms with Crippen molar-refractivity contribution in [1.82, 2.24) is 25.0 Å². The number of nitrogens with zero attached hydrogens (tertiary/aromatic N) is 4. The van der Waals surface area contributed by atoms with Gasteiger partial charge in [-0.1, -0.05) is 0 Å². The Kier molecular flexibility index (Phi) is 5.06. The van der Waals surface area contributed by atoms with E-state index in [1.165, 1.54) is 0 Å². The van der Waals surface area contributed by atoms with Crippen molar-refractivity contribution >= 4 is 6.03 Å². The maximum atomic E-state index is 12.6. The smallest absolute Gasteiger partial charge is 0.318 e. The number of carbonyl (C=O) groups is 1. The van der Waals surface area contributed by atoms with Crippen molar-refractivity contribution in [2.24, 2.45) is 7.05 Å². The lowest BCUT2D eigenvalue weighted by Gasteiger charge is -2.26. The first-order valence-electron chi connectivity index (χ1n) is 8.23. The Hall–Kier alpha value is -2.77. The standard InChI is InChI=1S/C17H23N5O3/c1-21-11-19-16(20-21)10-18-17(23)22-8-4-5-14(22)13-7-6-12(24-2)9-15(13)25-3/h6-7,9,11,14H,4-5,8,10H2,1-3H3,(H,18,23)/t14-/m0/s1. The van der Waals surface area contributed by atoms with Gasteiger partial charge in [0.05, 0.1) is 26.8 Å². The molecule has 1 aliphatic rings. The molecule has 2 aromatic rings. The molecule has 2 heterocycles. The van der Waals surface area contributed by atoms with Crippen LogP contribution in [0.1, 0.15) is 30.3 Å². The summed E-state index contributed by atoms with van der Waals surface area (Å²) >= 11 is 0. The molecule has 1 aromatic heterocycles. The number of methoxy groups -OCH3 is 2. The number of aromatic nitrogens is 3. The third-order valence-corrected chi connectivity index (χ3v) is 4.36. The Balaban J connectivity index is 1.72. The minimum absolute atomic E-state index is 0.0162. The number of hydrogen-bond donors (Lipinski definition) is 1. The lowest BCUT2D eigenvalue weighted by molar-refractivity contribution is 0.191. The van der Waals surface area contributed by atoms with Crippen molar-refractivity contribution in [3.63, 3.8) is 0 Å². The second kappa shape index (κ2) is 7.42. The summed E-state index contributed by atoms with van der Waals surface area (Å²) in [5.41, 5.74) is 0.993. The van der Waals surface area contributed by atoms with E-state index in [9.17, 15) is 4.79 Å². The number of urea groups is 1. The molecule has 1 atom stereocenters. The Morgan fingerprint density at radius 2 is 2.20 bits per heavy atom. The molecule has 2 amide bonds. The SMILES string of the molecule is COc1ccc([C@@H]2CCCN2C(=O)NCc2ncn(C)n2)c(OC)c1. The van der Waals surface area contributed by atoms with Gasteiger partial charge in [-0.2, -0.15) is 5.10 Å². The highest BCUT2D eigenvalue weighted by molar-refractivity contribution is 5.75. The highest BCUT2D eigenvalue weighted by Crippen LogP contribution is 2.38. The number of aryl methyl sites for hydroxylation is 1. The largest absolute Gasteiger partial charge is 0.497 e. The van der Waals surface area contributed by atoms with Crippen LogP contribution in [-0.4, -0.2) is 46.5 Å². The van der Waals surface area contributed by atoms with Crippen LogP contribution in [0.25, 0.3) is 0 Å². The maximum Gasteiger partial charge on any atom is 0.318 e. The summed E-state index contributed by atoms with van der Waals surface area (Å²) < 4.78 is 12.4. The van der Waals surface area contributed by atoms with Gasteiger partial charge >= 0.3 is 6.03 Å². The second-order valence-electron chi connectivity index (χ2n) is 5.95. The summed E-state index contributed by atoms with van der Waals surface area (Å²) in [6, 6.07) is 5.57. The van der Waals surface area contributed by atoms with Gasteiger partial charge in [-0.3, -0.25) is 4.68 Å². The van der Waals surface area contributed by atoms with E-state index in [4.69, 9.17) is 9.47 Å². The summed E-state index contributed by atoms with van der Waals surface area (Å²) in [5, 5.41) is 7.07. The Bertz CT molecular complexity index is 746. The van der Waals surface area contributed by atoms with Crippen LogP contribution in [0.2, 0.25) is 0 Å². The zero-order valence-electron chi connectivity index (χ0n) is 14.7. The van der Waals surface area contributed by atoms with Gasteiger partial charge in [-0.05, 0) is 25.0 Å². The Morgan fingerprint density at radius 3 is 2.88 bits per heavy atom. The molecule has 8 heteroatoms. The number of carbonyl (C=O) groups excluding carboxylic acids is 1. The first-order valence-corrected chi connectivity index (χ1v) is 8.23. The summed E-state index contributed by atoms with van der Waals surface area (Å²) in [4.78, 5) is 18.6. The van der Waals surface area contributed by atoms with Gasteiger partial charge in [0.15, 0.2) is 5.82 Å². The first kappa shape index (κ1) is 17.1. The topological polar surface area (TPSA) is 81.5 Å². The quantitative estimate of drug-likeness (QED) is 0.895. The van der Waals surface area contributed by atoms with Crippen molar-refractivity contribution in [3.05, 3.63) is 35.9 Å². The molecule has 0 bridgehead atoms. The van der Waals surface area contributed by atoms with E-state index in [1.54, 1.807) is 32.3 Å². The van der Waals surface area contributed by atoms with E-state index >= 15 is 0 Å². The van der Waals surface area contributed by atoms with Gasteiger partial charge < -0.3 is 19.7 Å². The van der Waals surface area contributed by atoms with Crippen molar-refractivity contribution in [2.75, 3.05) is 20.8 Å². The van der Waals surface area contributed by atoms with Gasteiger partial charge in [0.1, 0.15) is 17.8 Å². The summed E-state index contributed by atoms with van der Waals surface area (Å²) in [7, 11) is 5.05. The molecule has 134 valence electrons. The van der Waals surface area contributed by atoms with E-state index in [0.29, 0.717) is 18.9 Å². The minimum Gasteiger partial charge on any atom is -0.497 e. The molecule has 1 aromatic carbocycles. The number of amides is 2. The molecule has 1 fully saturated rings. The molecule has 8 nitrogen and oxygen atoms in total. The zero-order valence-corrected chi connectivity index (χ0v) is 14.7. The maximum absolute atomic E-state index is 12.6. The Morgan fingerprint density at radius 1 is 1.36 bits per heavy atom. The number of likely N-dealkylation sites (tertiary alicyclic amines) is 1. The molecule has 25 heavy (non-hydrogen) atoms. The van der Waals surface area contributed by atoms with E-state index in [2.05, 4.69) is 15.4 Å². The molecule has 0 radical (unpaired) electrons. The molecule has 1 saturated heterocycles. The highest BCUT2D eigenvalue weighted by atomic mass is 16.5. The number of hydrogen-bond acceptors (Lipinski definition) is 5. The fourth-order valence-corrected chi connectivity index (χ4v) is 3.15. The van der Waals surface area contributed by atoms with Crippen molar-refractivity contribution in [3.8, 4) is 11.5 Å². The normalized spacial score (nSPS) is 16.8. The predicted octanol–water partition coefficient (Wildman–Crippen LogP) is 1.88. The van der Waals surface area contributed by atoms with Gasteiger partial charge in [0, 0.05) is 25.2 Å². The summed E-state index contributed by atoms with van der Waals surface area (Å²) in [6.45, 7) is 1.02. The molecule has 0 spiro atoms. The average Bonchev–Trinajstić information content (AvgIpc) is 3.28. The molecular weight excluding hydrogens is 322 g/mol. The minimum atomic E-state index is -0.118. The average molecular weight is 345 g/mol. The van der Waals surface area contributed by atoms with E-state index in [0.717, 1.165) is 29.9 Å². The van der Waals surface area contributed by atoms with Crippen LogP contribution >= 0.6 is 0 Å². The fourth-order valence-electron chi connectivity index (χ4n) is 3.15. The third-order valence-electron chi connectivity index (χ3n) is 4.36. The van der Waals surface area contributed by atoms with Crippen LogP contribution in [0.15, 0.2) is 24.5 Å². The van der Waals surface area contributed by atoms with Crippen LogP contribution in [-0.2, 0) is 13.6 Å². The molecule has 0 saturated carbocycles. The van der Waals surface area contributed by atoms with Crippen LogP contribution < -0.4 is 14.8 Å². The molecular formula is C17H23N5O3. The third kappa shape index (κ3) is 3.67. The van der Waals surface area contributed by atoms with Gasteiger partial charge in [0.2, 0.25) is 0 Å². The Labute approximate surface area is 146 Å². The van der Waals surface area contributed by atoms with Crippen LogP contribution in [0.5, 0.6) is 11.5 Å². The highest BCUT2D eigenvalue weighted by Gasteiger charge is 2.32.